The molecule has 0 aromatic heterocycles. The minimum absolute atomic E-state index is 0.106. The van der Waals surface area contributed by atoms with Crippen molar-refractivity contribution in [3.05, 3.63) is 23.8 Å². The first-order chi connectivity index (χ1) is 9.72. The van der Waals surface area contributed by atoms with Gasteiger partial charge in [-0.25, -0.2) is 4.79 Å². The van der Waals surface area contributed by atoms with E-state index < -0.39 is 5.97 Å². The molecule has 2 N–H and O–H groups in total. The van der Waals surface area contributed by atoms with E-state index in [0.29, 0.717) is 30.2 Å². The molecule has 20 heavy (non-hydrogen) atoms. The summed E-state index contributed by atoms with van der Waals surface area (Å²) in [5.74, 6) is 0.0779. The van der Waals surface area contributed by atoms with Gasteiger partial charge in [0.1, 0.15) is 12.4 Å². The van der Waals surface area contributed by atoms with Crippen molar-refractivity contribution in [2.75, 3.05) is 25.6 Å². The van der Waals surface area contributed by atoms with E-state index in [1.807, 2.05) is 0 Å². The van der Waals surface area contributed by atoms with Crippen LogP contribution in [-0.2, 0) is 9.47 Å². The van der Waals surface area contributed by atoms with Crippen LogP contribution in [0.5, 0.6) is 5.75 Å². The molecule has 1 saturated heterocycles. The highest BCUT2D eigenvalue weighted by Crippen LogP contribution is 2.26. The Balaban J connectivity index is 2.00. The number of hydrogen-bond donors (Lipinski definition) is 1. The molecule has 2 rings (SSSR count). The third-order valence-corrected chi connectivity index (χ3v) is 3.26. The van der Waals surface area contributed by atoms with Gasteiger partial charge in [0.05, 0.1) is 24.0 Å². The van der Waals surface area contributed by atoms with Crippen LogP contribution in [0, 0.1) is 0 Å². The maximum absolute atomic E-state index is 11.7. The zero-order valence-corrected chi connectivity index (χ0v) is 11.8. The summed E-state index contributed by atoms with van der Waals surface area (Å²) < 4.78 is 16.2. The number of nitrogen functional groups attached to an aromatic ring is 1. The number of rotatable bonds is 5. The van der Waals surface area contributed by atoms with Crippen molar-refractivity contribution in [1.82, 2.24) is 0 Å². The molecule has 1 aliphatic heterocycles. The minimum atomic E-state index is -0.427. The van der Waals surface area contributed by atoms with Crippen LogP contribution in [0.3, 0.4) is 0 Å². The summed E-state index contributed by atoms with van der Waals surface area (Å²) in [4.78, 5) is 11.7. The van der Waals surface area contributed by atoms with Crippen LogP contribution in [0.1, 0.15) is 36.5 Å². The van der Waals surface area contributed by atoms with Gasteiger partial charge in [0, 0.05) is 6.61 Å². The average molecular weight is 279 g/mol. The van der Waals surface area contributed by atoms with E-state index in [0.717, 1.165) is 25.9 Å². The van der Waals surface area contributed by atoms with Crippen LogP contribution >= 0.6 is 0 Å². The molecular weight excluding hydrogens is 258 g/mol. The van der Waals surface area contributed by atoms with E-state index in [2.05, 4.69) is 0 Å². The molecule has 1 fully saturated rings. The lowest BCUT2D eigenvalue weighted by molar-refractivity contribution is -0.0109. The third kappa shape index (κ3) is 3.63. The third-order valence-electron chi connectivity index (χ3n) is 3.26. The normalized spacial score (nSPS) is 18.6. The number of carbonyl (C=O) groups is 1. The molecule has 1 unspecified atom stereocenters. The maximum Gasteiger partial charge on any atom is 0.340 e. The number of esters is 1. The molecule has 0 saturated carbocycles. The van der Waals surface area contributed by atoms with Crippen LogP contribution in [-0.4, -0.2) is 31.9 Å². The highest BCUT2D eigenvalue weighted by molar-refractivity contribution is 5.96. The van der Waals surface area contributed by atoms with Crippen molar-refractivity contribution in [2.45, 2.75) is 32.3 Å². The first-order valence-electron chi connectivity index (χ1n) is 7.02. The lowest BCUT2D eigenvalue weighted by Crippen LogP contribution is -2.26. The van der Waals surface area contributed by atoms with Crippen molar-refractivity contribution < 1.29 is 19.0 Å². The number of benzene rings is 1. The summed E-state index contributed by atoms with van der Waals surface area (Å²) in [6, 6.07) is 5.12. The van der Waals surface area contributed by atoms with Crippen LogP contribution in [0.4, 0.5) is 5.69 Å². The second-order valence-electron chi connectivity index (χ2n) is 4.74. The van der Waals surface area contributed by atoms with E-state index in [1.54, 1.807) is 25.1 Å². The Kier molecular flexibility index (Phi) is 5.24. The summed E-state index contributed by atoms with van der Waals surface area (Å²) in [6.07, 6.45) is 3.37. The fourth-order valence-corrected chi connectivity index (χ4v) is 2.18. The number of hydrogen-bond acceptors (Lipinski definition) is 5. The van der Waals surface area contributed by atoms with Crippen molar-refractivity contribution in [2.24, 2.45) is 0 Å². The van der Waals surface area contributed by atoms with Crippen LogP contribution < -0.4 is 10.5 Å². The first-order valence-corrected chi connectivity index (χ1v) is 7.02. The van der Waals surface area contributed by atoms with Gasteiger partial charge in [-0.2, -0.15) is 0 Å². The molecular formula is C15H21NO4. The van der Waals surface area contributed by atoms with E-state index in [-0.39, 0.29) is 6.10 Å². The quantitative estimate of drug-likeness (QED) is 0.662. The maximum atomic E-state index is 11.7. The van der Waals surface area contributed by atoms with E-state index in [9.17, 15) is 4.79 Å². The molecule has 1 aliphatic rings. The van der Waals surface area contributed by atoms with Gasteiger partial charge in [0.15, 0.2) is 0 Å². The Labute approximate surface area is 119 Å². The molecule has 1 heterocycles. The van der Waals surface area contributed by atoms with Crippen molar-refractivity contribution in [3.63, 3.8) is 0 Å². The molecule has 110 valence electrons. The van der Waals surface area contributed by atoms with Gasteiger partial charge >= 0.3 is 5.97 Å². The lowest BCUT2D eigenvalue weighted by atomic mass is 10.1. The predicted molar refractivity (Wildman–Crippen MR) is 75.9 cm³/mol. The molecule has 0 aliphatic carbocycles. The van der Waals surface area contributed by atoms with Gasteiger partial charge in [-0.15, -0.1) is 0 Å². The van der Waals surface area contributed by atoms with Gasteiger partial charge in [0.25, 0.3) is 0 Å². The molecule has 0 spiro atoms. The fourth-order valence-electron chi connectivity index (χ4n) is 2.18. The Morgan fingerprint density at radius 3 is 3.00 bits per heavy atom. The molecule has 5 heteroatoms. The van der Waals surface area contributed by atoms with E-state index in [4.69, 9.17) is 19.9 Å². The summed E-state index contributed by atoms with van der Waals surface area (Å²) >= 11 is 0. The molecule has 0 amide bonds. The van der Waals surface area contributed by atoms with Crippen LogP contribution in [0.2, 0.25) is 0 Å². The summed E-state index contributed by atoms with van der Waals surface area (Å²) in [6.45, 7) is 3.32. The van der Waals surface area contributed by atoms with E-state index in [1.165, 1.54) is 0 Å². The Hall–Kier alpha value is -1.75. The Morgan fingerprint density at radius 1 is 1.45 bits per heavy atom. The van der Waals surface area contributed by atoms with Crippen molar-refractivity contribution in [1.29, 1.82) is 0 Å². The van der Waals surface area contributed by atoms with Crippen LogP contribution in [0.15, 0.2) is 18.2 Å². The number of anilines is 1. The number of carbonyl (C=O) groups excluding carboxylic acids is 1. The first kappa shape index (κ1) is 14.7. The van der Waals surface area contributed by atoms with Gasteiger partial charge < -0.3 is 19.9 Å². The van der Waals surface area contributed by atoms with Crippen molar-refractivity contribution >= 4 is 11.7 Å². The number of ether oxygens (including phenoxy) is 3. The SMILES string of the molecule is CCOC(=O)c1cccc(OCC2CCCCO2)c1N. The zero-order valence-electron chi connectivity index (χ0n) is 11.8. The smallest absolute Gasteiger partial charge is 0.340 e. The standard InChI is InChI=1S/C15H21NO4/c1-2-18-15(17)12-7-5-8-13(14(12)16)20-10-11-6-3-4-9-19-11/h5,7-8,11H,2-4,6,9-10,16H2,1H3. The second kappa shape index (κ2) is 7.14. The Bertz CT molecular complexity index is 455. The van der Waals surface area contributed by atoms with Gasteiger partial charge in [-0.1, -0.05) is 6.07 Å². The monoisotopic (exact) mass is 279 g/mol. The Morgan fingerprint density at radius 2 is 2.30 bits per heavy atom. The molecule has 1 aromatic carbocycles. The van der Waals surface area contributed by atoms with Crippen LogP contribution in [0.25, 0.3) is 0 Å². The zero-order chi connectivity index (χ0) is 14.4. The minimum Gasteiger partial charge on any atom is -0.489 e. The lowest BCUT2D eigenvalue weighted by Gasteiger charge is -2.23. The van der Waals surface area contributed by atoms with Gasteiger partial charge in [0.2, 0.25) is 0 Å². The highest BCUT2D eigenvalue weighted by atomic mass is 16.5. The van der Waals surface area contributed by atoms with Crippen molar-refractivity contribution in [3.8, 4) is 5.75 Å². The predicted octanol–water partition coefficient (Wildman–Crippen LogP) is 2.39. The van der Waals surface area contributed by atoms with Gasteiger partial charge in [-0.3, -0.25) is 0 Å². The summed E-state index contributed by atoms with van der Waals surface area (Å²) in [5.41, 5.74) is 6.63. The fraction of sp³-hybridized carbons (Fsp3) is 0.533. The summed E-state index contributed by atoms with van der Waals surface area (Å²) in [5, 5.41) is 0. The summed E-state index contributed by atoms with van der Waals surface area (Å²) in [7, 11) is 0. The molecule has 1 atom stereocenters. The molecule has 0 radical (unpaired) electrons. The largest absolute Gasteiger partial charge is 0.489 e. The van der Waals surface area contributed by atoms with E-state index >= 15 is 0 Å². The number of para-hydroxylation sites is 1. The van der Waals surface area contributed by atoms with Gasteiger partial charge in [-0.05, 0) is 38.3 Å². The second-order valence-corrected chi connectivity index (χ2v) is 4.74. The number of nitrogens with two attached hydrogens (primary N) is 1. The molecule has 0 bridgehead atoms. The topological polar surface area (TPSA) is 70.8 Å². The highest BCUT2D eigenvalue weighted by Gasteiger charge is 2.17. The molecule has 5 nitrogen and oxygen atoms in total. The average Bonchev–Trinajstić information content (AvgIpc) is 2.47. The molecule has 1 aromatic rings.